The van der Waals surface area contributed by atoms with Gasteiger partial charge in [0.15, 0.2) is 28.2 Å². The van der Waals surface area contributed by atoms with Crippen molar-refractivity contribution in [3.63, 3.8) is 0 Å². The van der Waals surface area contributed by atoms with Crippen LogP contribution in [0.1, 0.15) is 25.5 Å². The van der Waals surface area contributed by atoms with Crippen molar-refractivity contribution in [1.29, 1.82) is 0 Å². The van der Waals surface area contributed by atoms with Crippen LogP contribution in [0.25, 0.3) is 44.2 Å². The summed E-state index contributed by atoms with van der Waals surface area (Å²) in [4.78, 5) is 17.1. The standard InChI is InChI=1S/C23H21N3O4/c1-11(2)26-23-15(10-24-26)19(13-5-7-17(28)18(9-13)29-4)22-20(25-23)14-6-8-16(27)12(3)21(14)30-22/h5-11,24,28H,1-4H3. The average Bonchev–Trinajstić information content (AvgIpc) is 3.31. The Morgan fingerprint density at radius 3 is 2.70 bits per heavy atom. The quantitative estimate of drug-likeness (QED) is 0.447. The van der Waals surface area contributed by atoms with E-state index < -0.39 is 0 Å². The van der Waals surface area contributed by atoms with E-state index in [9.17, 15) is 9.90 Å². The Morgan fingerprint density at radius 2 is 1.97 bits per heavy atom. The predicted molar refractivity (Wildman–Crippen MR) is 116 cm³/mol. The topological polar surface area (TPSA) is 93.3 Å². The SMILES string of the molecule is COc1cc(-c2c3c[nH]n(C(C)C)c3nc3c2oc2c(C)c(=O)ccc23)ccc1O. The molecule has 152 valence electrons. The van der Waals surface area contributed by atoms with Gasteiger partial charge < -0.3 is 19.4 Å². The predicted octanol–water partition coefficient (Wildman–Crippen LogP) is 4.89. The molecule has 30 heavy (non-hydrogen) atoms. The summed E-state index contributed by atoms with van der Waals surface area (Å²) in [6, 6.07) is 8.67. The summed E-state index contributed by atoms with van der Waals surface area (Å²) in [5.41, 5.74) is 4.74. The van der Waals surface area contributed by atoms with Crippen LogP contribution in [0, 0.1) is 6.92 Å². The number of rotatable bonds is 3. The van der Waals surface area contributed by atoms with Gasteiger partial charge in [-0.15, -0.1) is 0 Å². The highest BCUT2D eigenvalue weighted by Gasteiger charge is 2.22. The summed E-state index contributed by atoms with van der Waals surface area (Å²) < 4.78 is 13.5. The van der Waals surface area contributed by atoms with Gasteiger partial charge in [0.25, 0.3) is 0 Å². The molecule has 0 spiro atoms. The Balaban J connectivity index is 2.00. The van der Waals surface area contributed by atoms with Crippen molar-refractivity contribution in [3.8, 4) is 22.6 Å². The summed E-state index contributed by atoms with van der Waals surface area (Å²) in [6.45, 7) is 5.91. The number of hydrogen-bond donors (Lipinski definition) is 2. The first-order valence-corrected chi connectivity index (χ1v) is 9.73. The smallest absolute Gasteiger partial charge is 0.185 e. The number of phenolic OH excluding ortho intramolecular Hbond substituents is 1. The minimum atomic E-state index is -0.0704. The van der Waals surface area contributed by atoms with Crippen molar-refractivity contribution in [2.75, 3.05) is 7.11 Å². The number of nitrogens with one attached hydrogen (secondary N) is 1. The summed E-state index contributed by atoms with van der Waals surface area (Å²) in [6.07, 6.45) is 1.90. The molecule has 0 aliphatic heterocycles. The molecule has 0 radical (unpaired) electrons. The number of furan rings is 1. The highest BCUT2D eigenvalue weighted by molar-refractivity contribution is 6.14. The maximum Gasteiger partial charge on any atom is 0.185 e. The van der Waals surface area contributed by atoms with E-state index in [1.165, 1.54) is 7.11 Å². The molecule has 0 atom stereocenters. The second-order valence-corrected chi connectivity index (χ2v) is 7.69. The number of ether oxygens (including phenoxy) is 1. The van der Waals surface area contributed by atoms with E-state index in [4.69, 9.17) is 14.1 Å². The largest absolute Gasteiger partial charge is 0.504 e. The van der Waals surface area contributed by atoms with E-state index in [0.717, 1.165) is 27.5 Å². The van der Waals surface area contributed by atoms with E-state index in [1.54, 1.807) is 31.2 Å². The first-order valence-electron chi connectivity index (χ1n) is 9.73. The highest BCUT2D eigenvalue weighted by atomic mass is 16.5. The van der Waals surface area contributed by atoms with E-state index >= 15 is 0 Å². The molecule has 7 nitrogen and oxygen atoms in total. The van der Waals surface area contributed by atoms with Crippen LogP contribution < -0.4 is 10.2 Å². The van der Waals surface area contributed by atoms with Gasteiger partial charge in [-0.3, -0.25) is 9.48 Å². The highest BCUT2D eigenvalue weighted by Crippen LogP contribution is 2.42. The minimum Gasteiger partial charge on any atom is -0.504 e. The zero-order chi connectivity index (χ0) is 21.2. The van der Waals surface area contributed by atoms with E-state index in [0.29, 0.717) is 28.0 Å². The number of benzene rings is 2. The first kappa shape index (κ1) is 18.3. The van der Waals surface area contributed by atoms with Crippen molar-refractivity contribution < 1.29 is 14.3 Å². The number of hydrogen-bond acceptors (Lipinski definition) is 5. The van der Waals surface area contributed by atoms with Gasteiger partial charge in [0.05, 0.1) is 7.11 Å². The third kappa shape index (κ3) is 2.45. The van der Waals surface area contributed by atoms with Crippen LogP contribution in [-0.2, 0) is 0 Å². The molecule has 0 unspecified atom stereocenters. The number of aromatic hydroxyl groups is 1. The van der Waals surface area contributed by atoms with Crippen LogP contribution in [0.3, 0.4) is 0 Å². The Kier molecular flexibility index (Phi) is 3.89. The molecule has 0 saturated heterocycles. The molecular weight excluding hydrogens is 382 g/mol. The van der Waals surface area contributed by atoms with E-state index in [-0.39, 0.29) is 17.2 Å². The fourth-order valence-electron chi connectivity index (χ4n) is 3.97. The fourth-order valence-corrected chi connectivity index (χ4v) is 3.97. The van der Waals surface area contributed by atoms with Gasteiger partial charge in [0.2, 0.25) is 0 Å². The number of methoxy groups -OCH3 is 1. The second kappa shape index (κ2) is 6.38. The Labute approximate surface area is 171 Å². The van der Waals surface area contributed by atoms with Crippen molar-refractivity contribution in [1.82, 2.24) is 14.8 Å². The normalized spacial score (nSPS) is 11.9. The van der Waals surface area contributed by atoms with Gasteiger partial charge in [-0.05, 0) is 50.6 Å². The molecule has 0 saturated carbocycles. The lowest BCUT2D eigenvalue weighted by Gasteiger charge is -2.11. The molecule has 0 aliphatic rings. The molecule has 0 amide bonds. The van der Waals surface area contributed by atoms with Crippen LogP contribution in [0.2, 0.25) is 0 Å². The van der Waals surface area contributed by atoms with Gasteiger partial charge >= 0.3 is 0 Å². The fraction of sp³-hybridized carbons (Fsp3) is 0.217. The molecule has 7 heteroatoms. The van der Waals surface area contributed by atoms with Gasteiger partial charge in [-0.1, -0.05) is 6.07 Å². The van der Waals surface area contributed by atoms with Crippen molar-refractivity contribution in [3.05, 3.63) is 52.3 Å². The summed E-state index contributed by atoms with van der Waals surface area (Å²) in [5.74, 6) is 0.428. The molecule has 3 heterocycles. The molecule has 0 fully saturated rings. The van der Waals surface area contributed by atoms with Crippen LogP contribution >= 0.6 is 0 Å². The zero-order valence-corrected chi connectivity index (χ0v) is 17.1. The van der Waals surface area contributed by atoms with Gasteiger partial charge in [-0.2, -0.15) is 0 Å². The summed E-state index contributed by atoms with van der Waals surface area (Å²) in [5, 5.41) is 15.0. The lowest BCUT2D eigenvalue weighted by atomic mass is 10.0. The molecule has 3 aromatic heterocycles. The number of nitrogens with zero attached hydrogens (tertiary/aromatic N) is 2. The first-order chi connectivity index (χ1) is 14.4. The molecule has 2 aromatic carbocycles. The molecule has 5 rings (SSSR count). The monoisotopic (exact) mass is 403 g/mol. The number of H-pyrrole nitrogens is 1. The third-order valence-electron chi connectivity index (χ3n) is 5.55. The van der Waals surface area contributed by atoms with E-state index in [1.807, 2.05) is 16.9 Å². The number of pyridine rings is 1. The number of aromatic nitrogens is 3. The number of phenols is 1. The molecule has 5 aromatic rings. The Hall–Kier alpha value is -3.74. The minimum absolute atomic E-state index is 0.0607. The molecule has 0 bridgehead atoms. The van der Waals surface area contributed by atoms with Gasteiger partial charge in [0, 0.05) is 34.1 Å². The lowest BCUT2D eigenvalue weighted by molar-refractivity contribution is 0.373. The van der Waals surface area contributed by atoms with Crippen LogP contribution in [0.15, 0.2) is 45.7 Å². The Morgan fingerprint density at radius 1 is 1.17 bits per heavy atom. The number of aryl methyl sites for hydroxylation is 1. The summed E-state index contributed by atoms with van der Waals surface area (Å²) >= 11 is 0. The van der Waals surface area contributed by atoms with Crippen LogP contribution in [0.5, 0.6) is 11.5 Å². The van der Waals surface area contributed by atoms with Gasteiger partial charge in [0.1, 0.15) is 11.1 Å². The molecular formula is C23H21N3O4. The van der Waals surface area contributed by atoms with Crippen LogP contribution in [0.4, 0.5) is 0 Å². The molecule has 0 aliphatic carbocycles. The lowest BCUT2D eigenvalue weighted by Crippen LogP contribution is -2.03. The number of fused-ring (bicyclic) bond motifs is 4. The van der Waals surface area contributed by atoms with Crippen LogP contribution in [-0.4, -0.2) is 27.0 Å². The van der Waals surface area contributed by atoms with Gasteiger partial charge in [-0.25, -0.2) is 4.98 Å². The van der Waals surface area contributed by atoms with Crippen molar-refractivity contribution in [2.45, 2.75) is 26.8 Å². The average molecular weight is 403 g/mol. The van der Waals surface area contributed by atoms with Crippen molar-refractivity contribution in [2.24, 2.45) is 0 Å². The zero-order valence-electron chi connectivity index (χ0n) is 17.1. The van der Waals surface area contributed by atoms with E-state index in [2.05, 4.69) is 18.9 Å². The maximum absolute atomic E-state index is 12.2. The third-order valence-corrected chi connectivity index (χ3v) is 5.55. The summed E-state index contributed by atoms with van der Waals surface area (Å²) in [7, 11) is 1.51. The Bertz CT molecular complexity index is 1500. The second-order valence-electron chi connectivity index (χ2n) is 7.69. The number of aromatic amines is 1. The molecule has 2 N–H and O–H groups in total. The maximum atomic E-state index is 12.2. The van der Waals surface area contributed by atoms with Crippen molar-refractivity contribution >= 4 is 33.1 Å².